The number of nitrogens with zero attached hydrogens (tertiary/aromatic N) is 4. The molecule has 1 heterocycles. The second-order valence-corrected chi connectivity index (χ2v) is 6.74. The smallest absolute Gasteiger partial charge is 0.193 e. The molecule has 0 amide bonds. The van der Waals surface area contributed by atoms with Crippen molar-refractivity contribution in [1.82, 2.24) is 19.8 Å². The average molecular weight is 374 g/mol. The van der Waals surface area contributed by atoms with E-state index in [1.54, 1.807) is 14.2 Å². The third-order valence-corrected chi connectivity index (χ3v) is 4.10. The van der Waals surface area contributed by atoms with Crippen molar-refractivity contribution >= 4 is 5.96 Å². The molecular formula is C20H31N5O2. The molecule has 0 unspecified atom stereocenters. The number of aliphatic imine (C=N–C) groups is 1. The molecule has 0 aliphatic carbocycles. The Morgan fingerprint density at radius 3 is 2.59 bits per heavy atom. The first-order valence-corrected chi connectivity index (χ1v) is 9.22. The lowest BCUT2D eigenvalue weighted by Crippen LogP contribution is -2.40. The molecule has 0 saturated carbocycles. The summed E-state index contributed by atoms with van der Waals surface area (Å²) in [6, 6.07) is 7.58. The van der Waals surface area contributed by atoms with Crippen molar-refractivity contribution in [3.8, 4) is 11.5 Å². The van der Waals surface area contributed by atoms with Crippen molar-refractivity contribution in [3.63, 3.8) is 0 Å². The summed E-state index contributed by atoms with van der Waals surface area (Å²) >= 11 is 0. The number of aromatic nitrogens is 2. The summed E-state index contributed by atoms with van der Waals surface area (Å²) in [7, 11) is 5.43. The number of rotatable bonds is 9. The SMILES string of the molecule is CN=C(NCc1nccn1CC(C)C)N(C)CCOc1ccc(OC)cc1. The molecule has 0 aliphatic rings. The number of hydrogen-bond donors (Lipinski definition) is 1. The van der Waals surface area contributed by atoms with Crippen LogP contribution in [0.3, 0.4) is 0 Å². The lowest BCUT2D eigenvalue weighted by Gasteiger charge is -2.22. The molecule has 1 aromatic heterocycles. The molecule has 27 heavy (non-hydrogen) atoms. The number of ether oxygens (including phenoxy) is 2. The van der Waals surface area contributed by atoms with Crippen molar-refractivity contribution < 1.29 is 9.47 Å². The van der Waals surface area contributed by atoms with Crippen LogP contribution in [0.2, 0.25) is 0 Å². The summed E-state index contributed by atoms with van der Waals surface area (Å²) in [5, 5.41) is 3.37. The fourth-order valence-electron chi connectivity index (χ4n) is 2.69. The second-order valence-electron chi connectivity index (χ2n) is 6.74. The number of nitrogens with one attached hydrogen (secondary N) is 1. The summed E-state index contributed by atoms with van der Waals surface area (Å²) in [5.74, 6) is 4.04. The maximum absolute atomic E-state index is 5.79. The van der Waals surface area contributed by atoms with E-state index in [0.29, 0.717) is 25.6 Å². The topological polar surface area (TPSA) is 63.9 Å². The first kappa shape index (κ1) is 20.6. The van der Waals surface area contributed by atoms with E-state index >= 15 is 0 Å². The molecule has 1 aromatic carbocycles. The Kier molecular flexibility index (Phi) is 7.98. The normalized spacial score (nSPS) is 11.6. The van der Waals surface area contributed by atoms with Gasteiger partial charge in [-0.25, -0.2) is 4.98 Å². The zero-order valence-corrected chi connectivity index (χ0v) is 17.0. The first-order valence-electron chi connectivity index (χ1n) is 9.22. The summed E-state index contributed by atoms with van der Waals surface area (Å²) in [6.07, 6.45) is 3.86. The van der Waals surface area contributed by atoms with Crippen molar-refractivity contribution in [2.75, 3.05) is 34.4 Å². The molecular weight excluding hydrogens is 342 g/mol. The van der Waals surface area contributed by atoms with Gasteiger partial charge in [0.15, 0.2) is 5.96 Å². The van der Waals surface area contributed by atoms with Gasteiger partial charge in [0.1, 0.15) is 23.9 Å². The monoisotopic (exact) mass is 373 g/mol. The van der Waals surface area contributed by atoms with Crippen molar-refractivity contribution in [3.05, 3.63) is 42.5 Å². The Morgan fingerprint density at radius 1 is 1.26 bits per heavy atom. The van der Waals surface area contributed by atoms with E-state index < -0.39 is 0 Å². The van der Waals surface area contributed by atoms with Gasteiger partial charge < -0.3 is 24.3 Å². The van der Waals surface area contributed by atoms with Crippen LogP contribution in [0.1, 0.15) is 19.7 Å². The third kappa shape index (κ3) is 6.51. The minimum Gasteiger partial charge on any atom is -0.497 e. The predicted molar refractivity (Wildman–Crippen MR) is 108 cm³/mol. The third-order valence-electron chi connectivity index (χ3n) is 4.10. The van der Waals surface area contributed by atoms with Gasteiger partial charge in [0, 0.05) is 33.0 Å². The Hall–Kier alpha value is -2.70. The number of methoxy groups -OCH3 is 1. The standard InChI is InChI=1S/C20H31N5O2/c1-16(2)15-25-11-10-22-19(25)14-23-20(21-3)24(4)12-13-27-18-8-6-17(26-5)7-9-18/h6-11,16H,12-15H2,1-5H3,(H,21,23). The minimum atomic E-state index is 0.561. The Labute approximate surface area is 162 Å². The van der Waals surface area contributed by atoms with Gasteiger partial charge in [-0.15, -0.1) is 0 Å². The zero-order valence-electron chi connectivity index (χ0n) is 17.0. The van der Waals surface area contributed by atoms with Gasteiger partial charge in [0.25, 0.3) is 0 Å². The highest BCUT2D eigenvalue weighted by Gasteiger charge is 2.09. The lowest BCUT2D eigenvalue weighted by molar-refractivity contribution is 0.281. The van der Waals surface area contributed by atoms with Gasteiger partial charge in [-0.3, -0.25) is 4.99 Å². The highest BCUT2D eigenvalue weighted by Crippen LogP contribution is 2.16. The van der Waals surface area contributed by atoms with Crippen LogP contribution in [0.5, 0.6) is 11.5 Å². The number of hydrogen-bond acceptors (Lipinski definition) is 4. The predicted octanol–water partition coefficient (Wildman–Crippen LogP) is 2.63. The number of guanidine groups is 1. The van der Waals surface area contributed by atoms with Gasteiger partial charge in [-0.2, -0.15) is 0 Å². The zero-order chi connectivity index (χ0) is 19.6. The molecule has 7 heteroatoms. The van der Waals surface area contributed by atoms with E-state index in [2.05, 4.69) is 33.7 Å². The molecule has 0 fully saturated rings. The highest BCUT2D eigenvalue weighted by molar-refractivity contribution is 5.79. The Balaban J connectivity index is 1.79. The summed E-state index contributed by atoms with van der Waals surface area (Å²) in [6.45, 7) is 7.27. The van der Waals surface area contributed by atoms with Crippen LogP contribution in [0.25, 0.3) is 0 Å². The van der Waals surface area contributed by atoms with E-state index in [1.807, 2.05) is 48.6 Å². The van der Waals surface area contributed by atoms with E-state index in [-0.39, 0.29) is 0 Å². The molecule has 0 radical (unpaired) electrons. The molecule has 2 rings (SSSR count). The molecule has 148 valence electrons. The van der Waals surface area contributed by atoms with Gasteiger partial charge in [-0.05, 0) is 30.2 Å². The highest BCUT2D eigenvalue weighted by atomic mass is 16.5. The Bertz CT molecular complexity index is 709. The summed E-state index contributed by atoms with van der Waals surface area (Å²) in [4.78, 5) is 10.8. The van der Waals surface area contributed by atoms with Crippen molar-refractivity contribution in [2.24, 2.45) is 10.9 Å². The van der Waals surface area contributed by atoms with Crippen LogP contribution >= 0.6 is 0 Å². The number of benzene rings is 1. The Morgan fingerprint density at radius 2 is 1.96 bits per heavy atom. The fraction of sp³-hybridized carbons (Fsp3) is 0.500. The fourth-order valence-corrected chi connectivity index (χ4v) is 2.69. The van der Waals surface area contributed by atoms with Crippen molar-refractivity contribution in [2.45, 2.75) is 26.9 Å². The van der Waals surface area contributed by atoms with Gasteiger partial charge in [-0.1, -0.05) is 13.8 Å². The molecule has 2 aromatic rings. The van der Waals surface area contributed by atoms with Crippen LogP contribution in [0, 0.1) is 5.92 Å². The molecule has 0 atom stereocenters. The van der Waals surface area contributed by atoms with Gasteiger partial charge in [0.2, 0.25) is 0 Å². The number of likely N-dealkylation sites (N-methyl/N-ethyl adjacent to an activating group) is 1. The van der Waals surface area contributed by atoms with Crippen LogP contribution in [0.4, 0.5) is 0 Å². The summed E-state index contributed by atoms with van der Waals surface area (Å²) in [5.41, 5.74) is 0. The molecule has 0 bridgehead atoms. The van der Waals surface area contributed by atoms with Crippen LogP contribution in [-0.2, 0) is 13.1 Å². The average Bonchev–Trinajstić information content (AvgIpc) is 3.09. The maximum atomic E-state index is 5.79. The van der Waals surface area contributed by atoms with Gasteiger partial charge >= 0.3 is 0 Å². The van der Waals surface area contributed by atoms with E-state index in [9.17, 15) is 0 Å². The number of imidazole rings is 1. The molecule has 7 nitrogen and oxygen atoms in total. The quantitative estimate of drug-likeness (QED) is 0.541. The molecule has 0 aliphatic heterocycles. The largest absolute Gasteiger partial charge is 0.497 e. The molecule has 0 saturated heterocycles. The van der Waals surface area contributed by atoms with E-state index in [0.717, 1.165) is 29.8 Å². The van der Waals surface area contributed by atoms with E-state index in [1.165, 1.54) is 0 Å². The van der Waals surface area contributed by atoms with Gasteiger partial charge in [0.05, 0.1) is 20.2 Å². The minimum absolute atomic E-state index is 0.561. The van der Waals surface area contributed by atoms with E-state index in [4.69, 9.17) is 9.47 Å². The lowest BCUT2D eigenvalue weighted by atomic mass is 10.2. The van der Waals surface area contributed by atoms with Crippen LogP contribution < -0.4 is 14.8 Å². The molecule has 1 N–H and O–H groups in total. The van der Waals surface area contributed by atoms with Crippen LogP contribution in [-0.4, -0.2) is 54.8 Å². The van der Waals surface area contributed by atoms with Crippen molar-refractivity contribution in [1.29, 1.82) is 0 Å². The molecule has 0 spiro atoms. The summed E-state index contributed by atoms with van der Waals surface area (Å²) < 4.78 is 13.1. The maximum Gasteiger partial charge on any atom is 0.193 e. The first-order chi connectivity index (χ1) is 13.0. The van der Waals surface area contributed by atoms with Crippen LogP contribution in [0.15, 0.2) is 41.7 Å². The second kappa shape index (κ2) is 10.4.